The molecule has 0 saturated carbocycles. The Morgan fingerprint density at radius 3 is 2.81 bits per heavy atom. The third kappa shape index (κ3) is 4.08. The lowest BCUT2D eigenvalue weighted by molar-refractivity contribution is 0.117. The van der Waals surface area contributed by atoms with E-state index >= 15 is 0 Å². The van der Waals surface area contributed by atoms with Crippen LogP contribution in [0, 0.1) is 0 Å². The van der Waals surface area contributed by atoms with E-state index in [4.69, 9.17) is 9.47 Å². The van der Waals surface area contributed by atoms with Gasteiger partial charge in [-0.2, -0.15) is 0 Å². The molecule has 2 unspecified atom stereocenters. The van der Waals surface area contributed by atoms with Crippen LogP contribution in [0.25, 0.3) is 0 Å². The molecule has 0 amide bonds. The van der Waals surface area contributed by atoms with Crippen molar-refractivity contribution in [1.82, 2.24) is 0 Å². The molecule has 1 fully saturated rings. The Morgan fingerprint density at radius 2 is 2.12 bits per heavy atom. The second kappa shape index (κ2) is 6.18. The fraction of sp³-hybridized carbons (Fsp3) is 0.538. The van der Waals surface area contributed by atoms with Gasteiger partial charge in [0.25, 0.3) is 0 Å². The van der Waals surface area contributed by atoms with Crippen LogP contribution >= 0.6 is 0 Å². The summed E-state index contributed by atoms with van der Waals surface area (Å²) < 4.78 is 10.6. The van der Waals surface area contributed by atoms with E-state index in [1.807, 2.05) is 0 Å². The van der Waals surface area contributed by atoms with E-state index in [1.165, 1.54) is 12.5 Å². The van der Waals surface area contributed by atoms with Gasteiger partial charge < -0.3 is 9.47 Å². The summed E-state index contributed by atoms with van der Waals surface area (Å²) >= 11 is 0. The van der Waals surface area contributed by atoms with Gasteiger partial charge in [0.2, 0.25) is 0 Å². The van der Waals surface area contributed by atoms with Crippen molar-refractivity contribution in [3.05, 3.63) is 30.3 Å². The first-order valence-corrected chi connectivity index (χ1v) is 8.65. The van der Waals surface area contributed by atoms with Crippen molar-refractivity contribution < 1.29 is 9.47 Å². The molecule has 0 aliphatic carbocycles. The van der Waals surface area contributed by atoms with Gasteiger partial charge in [-0.05, 0) is 6.42 Å². The molecule has 1 aliphatic heterocycles. The molecule has 0 N–H and O–H groups in total. The van der Waals surface area contributed by atoms with Crippen LogP contribution in [0.1, 0.15) is 6.42 Å². The Kier molecular flexibility index (Phi) is 4.57. The molecule has 2 atom stereocenters. The quantitative estimate of drug-likeness (QED) is 0.407. The topological polar surface area (TPSA) is 21.8 Å². The molecule has 1 saturated heterocycles. The molecule has 1 heterocycles. The van der Waals surface area contributed by atoms with Crippen molar-refractivity contribution in [1.29, 1.82) is 0 Å². The van der Waals surface area contributed by atoms with Crippen LogP contribution in [0.2, 0.25) is 12.6 Å². The minimum Gasteiger partial charge on any atom is -0.379 e. The predicted octanol–water partition coefficient (Wildman–Crippen LogP) is 1.56. The first-order valence-electron chi connectivity index (χ1n) is 6.10. The summed E-state index contributed by atoms with van der Waals surface area (Å²) in [5.41, 5.74) is 0. The van der Waals surface area contributed by atoms with Crippen LogP contribution in [-0.2, 0) is 9.47 Å². The molecule has 0 aromatic heterocycles. The SMILES string of the molecule is C[SiH](CCCOCC1CO1)c1ccccc1. The molecule has 0 spiro atoms. The standard InChI is InChI=1S/C13H20O2Si/c1-16(13-6-3-2-4-7-13)9-5-8-14-10-12-11-15-12/h2-4,6-7,12,16H,5,8-11H2,1H3. The van der Waals surface area contributed by atoms with Gasteiger partial charge in [-0.1, -0.05) is 48.1 Å². The molecule has 1 aliphatic rings. The van der Waals surface area contributed by atoms with Gasteiger partial charge in [0.05, 0.1) is 22.0 Å². The van der Waals surface area contributed by atoms with E-state index in [9.17, 15) is 0 Å². The second-order valence-corrected chi connectivity index (χ2v) is 7.53. The maximum atomic E-state index is 5.54. The Hall–Kier alpha value is -0.643. The molecular formula is C13H20O2Si. The van der Waals surface area contributed by atoms with E-state index in [0.29, 0.717) is 6.10 Å². The zero-order valence-electron chi connectivity index (χ0n) is 9.89. The van der Waals surface area contributed by atoms with Crippen LogP contribution in [0.15, 0.2) is 30.3 Å². The number of rotatable bonds is 7. The highest BCUT2D eigenvalue weighted by atomic mass is 28.3. The fourth-order valence-electron chi connectivity index (χ4n) is 1.82. The van der Waals surface area contributed by atoms with Crippen molar-refractivity contribution in [2.75, 3.05) is 19.8 Å². The summed E-state index contributed by atoms with van der Waals surface area (Å²) in [6.07, 6.45) is 1.60. The predicted molar refractivity (Wildman–Crippen MR) is 69.1 cm³/mol. The molecule has 3 heteroatoms. The summed E-state index contributed by atoms with van der Waals surface area (Å²) in [4.78, 5) is 0. The lowest BCUT2D eigenvalue weighted by atomic mass is 10.4. The van der Waals surface area contributed by atoms with Gasteiger partial charge in [-0.15, -0.1) is 0 Å². The maximum Gasteiger partial charge on any atom is 0.104 e. The summed E-state index contributed by atoms with van der Waals surface area (Å²) in [6, 6.07) is 12.2. The van der Waals surface area contributed by atoms with Crippen molar-refractivity contribution in [2.24, 2.45) is 0 Å². The molecule has 2 nitrogen and oxygen atoms in total. The summed E-state index contributed by atoms with van der Waals surface area (Å²) in [5.74, 6) is 0. The number of benzene rings is 1. The van der Waals surface area contributed by atoms with Gasteiger partial charge in [0, 0.05) is 6.61 Å². The van der Waals surface area contributed by atoms with Crippen LogP contribution in [0.3, 0.4) is 0 Å². The Bertz CT molecular complexity index is 298. The van der Waals surface area contributed by atoms with E-state index in [0.717, 1.165) is 19.8 Å². The van der Waals surface area contributed by atoms with E-state index < -0.39 is 8.80 Å². The number of hydrogen-bond donors (Lipinski definition) is 0. The molecule has 16 heavy (non-hydrogen) atoms. The van der Waals surface area contributed by atoms with Crippen molar-refractivity contribution >= 4 is 14.0 Å². The van der Waals surface area contributed by atoms with Crippen LogP contribution in [0.4, 0.5) is 0 Å². The lowest BCUT2D eigenvalue weighted by Crippen LogP contribution is -2.26. The van der Waals surface area contributed by atoms with E-state index in [1.54, 1.807) is 5.19 Å². The van der Waals surface area contributed by atoms with Crippen LogP contribution in [-0.4, -0.2) is 34.7 Å². The highest BCUT2D eigenvalue weighted by Crippen LogP contribution is 2.09. The number of epoxide rings is 1. The van der Waals surface area contributed by atoms with Gasteiger partial charge >= 0.3 is 0 Å². The third-order valence-corrected chi connectivity index (χ3v) is 5.80. The summed E-state index contributed by atoms with van der Waals surface area (Å²) in [5, 5.41) is 1.56. The van der Waals surface area contributed by atoms with Crippen molar-refractivity contribution in [3.63, 3.8) is 0 Å². The minimum atomic E-state index is -0.723. The maximum absolute atomic E-state index is 5.54. The number of hydrogen-bond acceptors (Lipinski definition) is 2. The average molecular weight is 236 g/mol. The zero-order valence-corrected chi connectivity index (χ0v) is 11.0. The molecule has 88 valence electrons. The summed E-state index contributed by atoms with van der Waals surface area (Å²) in [7, 11) is -0.723. The molecule has 1 aromatic carbocycles. The number of ether oxygens (including phenoxy) is 2. The van der Waals surface area contributed by atoms with Crippen molar-refractivity contribution in [2.45, 2.75) is 25.1 Å². The largest absolute Gasteiger partial charge is 0.379 e. The molecule has 2 rings (SSSR count). The highest BCUT2D eigenvalue weighted by Gasteiger charge is 2.21. The fourth-order valence-corrected chi connectivity index (χ4v) is 3.81. The first kappa shape index (κ1) is 11.8. The Morgan fingerprint density at radius 1 is 1.38 bits per heavy atom. The smallest absolute Gasteiger partial charge is 0.104 e. The molecular weight excluding hydrogens is 216 g/mol. The normalized spacial score (nSPS) is 20.7. The Balaban J connectivity index is 1.58. The molecule has 1 aromatic rings. The molecule has 0 bridgehead atoms. The lowest BCUT2D eigenvalue weighted by Gasteiger charge is -2.09. The Labute approximate surface area is 99.2 Å². The van der Waals surface area contributed by atoms with Gasteiger partial charge in [0.15, 0.2) is 0 Å². The summed E-state index contributed by atoms with van der Waals surface area (Å²) in [6.45, 7) is 5.00. The zero-order chi connectivity index (χ0) is 11.2. The van der Waals surface area contributed by atoms with Gasteiger partial charge in [-0.25, -0.2) is 0 Å². The minimum absolute atomic E-state index is 0.406. The first-order chi connectivity index (χ1) is 7.86. The van der Waals surface area contributed by atoms with Crippen LogP contribution < -0.4 is 5.19 Å². The van der Waals surface area contributed by atoms with E-state index in [-0.39, 0.29) is 0 Å². The monoisotopic (exact) mass is 236 g/mol. The molecule has 0 radical (unpaired) electrons. The third-order valence-electron chi connectivity index (χ3n) is 3.00. The second-order valence-electron chi connectivity index (χ2n) is 4.48. The van der Waals surface area contributed by atoms with Crippen molar-refractivity contribution in [3.8, 4) is 0 Å². The average Bonchev–Trinajstić information content (AvgIpc) is 3.13. The van der Waals surface area contributed by atoms with Crippen LogP contribution in [0.5, 0.6) is 0 Å². The van der Waals surface area contributed by atoms with Gasteiger partial charge in [-0.3, -0.25) is 0 Å². The van der Waals surface area contributed by atoms with E-state index in [2.05, 4.69) is 36.9 Å². The highest BCUT2D eigenvalue weighted by molar-refractivity contribution is 6.71. The van der Waals surface area contributed by atoms with Gasteiger partial charge in [0.1, 0.15) is 6.10 Å².